The Bertz CT molecular complexity index is 1410. The maximum absolute atomic E-state index is 13.3. The van der Waals surface area contributed by atoms with Crippen LogP contribution in [0.3, 0.4) is 0 Å². The third-order valence-electron chi connectivity index (χ3n) is 6.34. The molecule has 0 spiro atoms. The molecule has 10 N–H and O–H groups in total. The Balaban J connectivity index is 1.74. The number of carboxylic acids is 2. The Morgan fingerprint density at radius 1 is 0.721 bits per heavy atom. The Morgan fingerprint density at radius 2 is 1.23 bits per heavy atom. The molecule has 0 radical (unpaired) electrons. The number of nitrogens with zero attached hydrogens (tertiary/aromatic N) is 1. The number of phenolic OH excluding ortho intramolecular Hbond substituents is 2. The molecule has 1 heterocycles. The summed E-state index contributed by atoms with van der Waals surface area (Å²) in [7, 11) is 0. The largest absolute Gasteiger partial charge is 0.508 e. The van der Waals surface area contributed by atoms with Crippen LogP contribution in [0.5, 0.6) is 11.5 Å². The van der Waals surface area contributed by atoms with Gasteiger partial charge in [0.2, 0.25) is 17.7 Å². The van der Waals surface area contributed by atoms with E-state index in [-0.39, 0.29) is 30.8 Å². The number of nitrogens with two attached hydrogens (primary N) is 1. The van der Waals surface area contributed by atoms with Crippen molar-refractivity contribution in [2.45, 2.75) is 49.9 Å². The number of carbonyl (C=O) groups excluding carboxylic acids is 3. The minimum Gasteiger partial charge on any atom is -0.508 e. The number of amides is 3. The highest BCUT2D eigenvalue weighted by molar-refractivity contribution is 5.95. The van der Waals surface area contributed by atoms with Gasteiger partial charge in [0.15, 0.2) is 0 Å². The van der Waals surface area contributed by atoms with E-state index in [2.05, 4.69) is 25.9 Å². The van der Waals surface area contributed by atoms with Gasteiger partial charge in [0, 0.05) is 24.7 Å². The number of aromatic amines is 1. The minimum absolute atomic E-state index is 0.0173. The first kappa shape index (κ1) is 32.1. The van der Waals surface area contributed by atoms with Gasteiger partial charge in [-0.3, -0.25) is 19.2 Å². The van der Waals surface area contributed by atoms with Crippen molar-refractivity contribution in [3.63, 3.8) is 0 Å². The maximum Gasteiger partial charge on any atom is 0.326 e. The van der Waals surface area contributed by atoms with E-state index in [9.17, 15) is 44.4 Å². The maximum atomic E-state index is 13.3. The zero-order valence-corrected chi connectivity index (χ0v) is 22.8. The molecule has 0 saturated carbocycles. The molecule has 4 atom stereocenters. The number of carbonyl (C=O) groups is 5. The van der Waals surface area contributed by atoms with Crippen LogP contribution in [-0.2, 0) is 43.2 Å². The van der Waals surface area contributed by atoms with E-state index in [1.54, 1.807) is 12.1 Å². The summed E-state index contributed by atoms with van der Waals surface area (Å²) in [6.07, 6.45) is 1.60. The van der Waals surface area contributed by atoms with E-state index in [0.29, 0.717) is 16.8 Å². The Labute approximate surface area is 245 Å². The second-order valence-corrected chi connectivity index (χ2v) is 9.75. The summed E-state index contributed by atoms with van der Waals surface area (Å²) in [5.41, 5.74) is 7.48. The van der Waals surface area contributed by atoms with Crippen LogP contribution in [-0.4, -0.2) is 84.2 Å². The average Bonchev–Trinajstić information content (AvgIpc) is 3.47. The van der Waals surface area contributed by atoms with Crippen LogP contribution in [0.1, 0.15) is 23.2 Å². The molecular weight excluding hydrogens is 564 g/mol. The first-order valence-electron chi connectivity index (χ1n) is 13.1. The third-order valence-corrected chi connectivity index (χ3v) is 6.34. The molecule has 0 aliphatic rings. The summed E-state index contributed by atoms with van der Waals surface area (Å²) in [6.45, 7) is 0. The molecule has 0 aliphatic carbocycles. The van der Waals surface area contributed by atoms with E-state index < -0.39 is 60.2 Å². The van der Waals surface area contributed by atoms with E-state index in [1.165, 1.54) is 48.9 Å². The zero-order valence-electron chi connectivity index (χ0n) is 22.8. The monoisotopic (exact) mass is 596 g/mol. The SMILES string of the molecule is NC(Cc1ccc(O)cc1)C(=O)NC(CC(=O)O)C(=O)NC(Cc1cnc[nH]1)C(=O)NC(Cc1ccc(O)cc1)C(=O)O. The molecule has 0 saturated heterocycles. The second kappa shape index (κ2) is 15.0. The lowest BCUT2D eigenvalue weighted by Crippen LogP contribution is -2.58. The van der Waals surface area contributed by atoms with Crippen molar-refractivity contribution in [3.05, 3.63) is 77.9 Å². The lowest BCUT2D eigenvalue weighted by Gasteiger charge is -2.24. The van der Waals surface area contributed by atoms with Crippen molar-refractivity contribution in [2.24, 2.45) is 5.73 Å². The highest BCUT2D eigenvalue weighted by Gasteiger charge is 2.32. The molecule has 3 amide bonds. The molecule has 3 aromatic rings. The number of benzene rings is 2. The van der Waals surface area contributed by atoms with Crippen molar-refractivity contribution in [2.75, 3.05) is 0 Å². The van der Waals surface area contributed by atoms with Crippen LogP contribution in [0.4, 0.5) is 0 Å². The number of carboxylic acid groups (broad SMARTS) is 2. The molecule has 4 unspecified atom stereocenters. The first-order valence-corrected chi connectivity index (χ1v) is 13.1. The van der Waals surface area contributed by atoms with Gasteiger partial charge < -0.3 is 47.1 Å². The number of aromatic nitrogens is 2. The smallest absolute Gasteiger partial charge is 0.326 e. The normalized spacial score (nSPS) is 13.6. The molecule has 43 heavy (non-hydrogen) atoms. The molecule has 2 aromatic carbocycles. The number of phenols is 2. The average molecular weight is 597 g/mol. The van der Waals surface area contributed by atoms with Crippen LogP contribution >= 0.6 is 0 Å². The van der Waals surface area contributed by atoms with Crippen molar-refractivity contribution in [1.82, 2.24) is 25.9 Å². The molecule has 1 aromatic heterocycles. The van der Waals surface area contributed by atoms with Gasteiger partial charge in [-0.2, -0.15) is 0 Å². The molecular formula is C28H32N6O9. The van der Waals surface area contributed by atoms with Gasteiger partial charge in [0.05, 0.1) is 18.8 Å². The summed E-state index contributed by atoms with van der Waals surface area (Å²) in [4.78, 5) is 69.3. The summed E-state index contributed by atoms with van der Waals surface area (Å²) < 4.78 is 0. The fraction of sp³-hybridized carbons (Fsp3) is 0.286. The number of hydrogen-bond acceptors (Lipinski definition) is 9. The van der Waals surface area contributed by atoms with Gasteiger partial charge in [0.25, 0.3) is 0 Å². The first-order chi connectivity index (χ1) is 20.4. The number of H-pyrrole nitrogens is 1. The summed E-state index contributed by atoms with van der Waals surface area (Å²) in [5.74, 6) is -5.51. The van der Waals surface area contributed by atoms with Crippen LogP contribution in [0.25, 0.3) is 0 Å². The summed E-state index contributed by atoms with van der Waals surface area (Å²) >= 11 is 0. The van der Waals surface area contributed by atoms with Gasteiger partial charge in [-0.25, -0.2) is 9.78 Å². The summed E-state index contributed by atoms with van der Waals surface area (Å²) in [6, 6.07) is 6.03. The van der Waals surface area contributed by atoms with Crippen LogP contribution in [0.2, 0.25) is 0 Å². The number of aromatic hydroxyl groups is 2. The van der Waals surface area contributed by atoms with Gasteiger partial charge in [-0.1, -0.05) is 24.3 Å². The Hall–Kier alpha value is -5.44. The highest BCUT2D eigenvalue weighted by atomic mass is 16.4. The highest BCUT2D eigenvalue weighted by Crippen LogP contribution is 2.13. The van der Waals surface area contributed by atoms with Crippen LogP contribution in [0.15, 0.2) is 61.1 Å². The number of aliphatic carboxylic acids is 2. The predicted octanol–water partition coefficient (Wildman–Crippen LogP) is -0.810. The van der Waals surface area contributed by atoms with E-state index in [1.807, 2.05) is 0 Å². The van der Waals surface area contributed by atoms with Gasteiger partial charge in [0.1, 0.15) is 29.6 Å². The Morgan fingerprint density at radius 3 is 1.74 bits per heavy atom. The molecule has 3 rings (SSSR count). The minimum atomic E-state index is -1.62. The molecule has 0 aliphatic heterocycles. The fourth-order valence-electron chi connectivity index (χ4n) is 4.08. The molecule has 0 bridgehead atoms. The van der Waals surface area contributed by atoms with E-state index >= 15 is 0 Å². The lowest BCUT2D eigenvalue weighted by molar-refractivity contribution is -0.143. The quantitative estimate of drug-likeness (QED) is 0.105. The van der Waals surface area contributed by atoms with E-state index in [4.69, 9.17) is 5.73 Å². The van der Waals surface area contributed by atoms with Gasteiger partial charge >= 0.3 is 11.9 Å². The standard InChI is InChI=1S/C28H32N6O9/c29-20(9-15-1-5-18(35)6-2-15)25(39)32-22(12-24(37)38)27(41)33-21(11-17-13-30-14-31-17)26(40)34-23(28(42)43)10-16-3-7-19(36)8-4-16/h1-8,13-14,20-23,35-36H,9-12,29H2,(H,30,31)(H,32,39)(H,33,41)(H,34,40)(H,37,38)(H,42,43). The molecule has 0 fully saturated rings. The van der Waals surface area contributed by atoms with Crippen LogP contribution < -0.4 is 21.7 Å². The molecule has 15 heteroatoms. The molecule has 228 valence electrons. The van der Waals surface area contributed by atoms with E-state index in [0.717, 1.165) is 0 Å². The number of imidazole rings is 1. The fourth-order valence-corrected chi connectivity index (χ4v) is 4.08. The third kappa shape index (κ3) is 10.2. The van der Waals surface area contributed by atoms with Crippen molar-refractivity contribution in [3.8, 4) is 11.5 Å². The number of rotatable bonds is 15. The zero-order chi connectivity index (χ0) is 31.5. The van der Waals surface area contributed by atoms with Crippen LogP contribution in [0, 0.1) is 0 Å². The lowest BCUT2D eigenvalue weighted by atomic mass is 10.0. The number of hydrogen-bond donors (Lipinski definition) is 9. The van der Waals surface area contributed by atoms with Crippen molar-refractivity contribution >= 4 is 29.7 Å². The summed E-state index contributed by atoms with van der Waals surface area (Å²) in [5, 5.41) is 45.1. The Kier molecular flexibility index (Phi) is 11.2. The molecule has 15 nitrogen and oxygen atoms in total. The van der Waals surface area contributed by atoms with Crippen molar-refractivity contribution < 1.29 is 44.4 Å². The van der Waals surface area contributed by atoms with Crippen molar-refractivity contribution in [1.29, 1.82) is 0 Å². The second-order valence-electron chi connectivity index (χ2n) is 9.75. The topological polar surface area (TPSA) is 257 Å². The number of nitrogens with one attached hydrogen (secondary N) is 4. The van der Waals surface area contributed by atoms with Gasteiger partial charge in [-0.05, 0) is 41.8 Å². The predicted molar refractivity (Wildman–Crippen MR) is 150 cm³/mol. The van der Waals surface area contributed by atoms with Gasteiger partial charge in [-0.15, -0.1) is 0 Å².